The lowest BCUT2D eigenvalue weighted by Gasteiger charge is -2.08. The highest BCUT2D eigenvalue weighted by Gasteiger charge is 2.15. The SMILES string of the molecule is C/C=C/c1c(O)cccc1C(=O)c1ccc(C(=O)OC)cc1. The van der Waals surface area contributed by atoms with Crippen molar-refractivity contribution in [3.63, 3.8) is 0 Å². The summed E-state index contributed by atoms with van der Waals surface area (Å²) in [7, 11) is 1.30. The first-order chi connectivity index (χ1) is 10.6. The molecule has 112 valence electrons. The standard InChI is InChI=1S/C18H16O4/c1-3-5-14-15(6-4-7-16(14)19)17(20)12-8-10-13(11-9-12)18(21)22-2/h3-11,19H,1-2H3/b5-3+. The summed E-state index contributed by atoms with van der Waals surface area (Å²) in [6, 6.07) is 11.0. The van der Waals surface area contributed by atoms with Gasteiger partial charge >= 0.3 is 5.97 Å². The van der Waals surface area contributed by atoms with E-state index in [4.69, 9.17) is 0 Å². The molecule has 0 heterocycles. The molecule has 2 aromatic carbocycles. The van der Waals surface area contributed by atoms with Crippen LogP contribution in [0.15, 0.2) is 48.5 Å². The zero-order chi connectivity index (χ0) is 16.1. The number of rotatable bonds is 4. The fraction of sp³-hybridized carbons (Fsp3) is 0.111. The second-order valence-electron chi connectivity index (χ2n) is 4.64. The molecule has 22 heavy (non-hydrogen) atoms. The average Bonchev–Trinajstić information content (AvgIpc) is 2.55. The van der Waals surface area contributed by atoms with E-state index in [1.807, 2.05) is 6.92 Å². The van der Waals surface area contributed by atoms with E-state index in [1.54, 1.807) is 36.4 Å². The summed E-state index contributed by atoms with van der Waals surface area (Å²) in [6.07, 6.45) is 3.44. The molecule has 2 rings (SSSR count). The molecule has 0 aliphatic carbocycles. The third kappa shape index (κ3) is 3.06. The van der Waals surface area contributed by atoms with Gasteiger partial charge in [0.15, 0.2) is 5.78 Å². The Morgan fingerprint density at radius 1 is 1.05 bits per heavy atom. The third-order valence-electron chi connectivity index (χ3n) is 3.23. The molecule has 0 saturated heterocycles. The van der Waals surface area contributed by atoms with E-state index >= 15 is 0 Å². The second-order valence-corrected chi connectivity index (χ2v) is 4.64. The highest BCUT2D eigenvalue weighted by atomic mass is 16.5. The van der Waals surface area contributed by atoms with Crippen molar-refractivity contribution in [2.45, 2.75) is 6.92 Å². The number of carbonyl (C=O) groups excluding carboxylic acids is 2. The summed E-state index contributed by atoms with van der Waals surface area (Å²) < 4.78 is 4.62. The average molecular weight is 296 g/mol. The van der Waals surface area contributed by atoms with Gasteiger partial charge in [-0.05, 0) is 25.1 Å². The smallest absolute Gasteiger partial charge is 0.337 e. The van der Waals surface area contributed by atoms with Crippen LogP contribution in [0.25, 0.3) is 6.08 Å². The number of phenolic OH excluding ortho intramolecular Hbond substituents is 1. The summed E-state index contributed by atoms with van der Waals surface area (Å²) in [5.41, 5.74) is 1.70. The molecule has 0 fully saturated rings. The molecule has 4 heteroatoms. The number of ether oxygens (including phenoxy) is 1. The number of benzene rings is 2. The lowest BCUT2D eigenvalue weighted by Crippen LogP contribution is -2.06. The van der Waals surface area contributed by atoms with Gasteiger partial charge in [0.05, 0.1) is 12.7 Å². The zero-order valence-electron chi connectivity index (χ0n) is 12.4. The van der Waals surface area contributed by atoms with Crippen LogP contribution in [0.4, 0.5) is 0 Å². The lowest BCUT2D eigenvalue weighted by atomic mass is 9.96. The van der Waals surface area contributed by atoms with Crippen molar-refractivity contribution in [2.24, 2.45) is 0 Å². The Balaban J connectivity index is 2.40. The first-order valence-corrected chi connectivity index (χ1v) is 6.76. The number of hydrogen-bond donors (Lipinski definition) is 1. The molecule has 0 saturated carbocycles. The van der Waals surface area contributed by atoms with Crippen LogP contribution in [0.5, 0.6) is 5.75 Å². The van der Waals surface area contributed by atoms with Crippen molar-refractivity contribution < 1.29 is 19.4 Å². The molecule has 0 radical (unpaired) electrons. The largest absolute Gasteiger partial charge is 0.507 e. The van der Waals surface area contributed by atoms with E-state index in [2.05, 4.69) is 4.74 Å². The molecule has 2 aromatic rings. The predicted octanol–water partition coefficient (Wildman–Crippen LogP) is 3.44. The molecule has 0 spiro atoms. The minimum absolute atomic E-state index is 0.0510. The number of carbonyl (C=O) groups is 2. The van der Waals surface area contributed by atoms with Crippen LogP contribution >= 0.6 is 0 Å². The second kappa shape index (κ2) is 6.72. The molecule has 0 atom stereocenters. The van der Waals surface area contributed by atoms with Crippen LogP contribution in [0.2, 0.25) is 0 Å². The van der Waals surface area contributed by atoms with Crippen molar-refractivity contribution in [3.8, 4) is 5.75 Å². The fourth-order valence-corrected chi connectivity index (χ4v) is 2.12. The van der Waals surface area contributed by atoms with Crippen LogP contribution in [-0.4, -0.2) is 24.0 Å². The maximum Gasteiger partial charge on any atom is 0.337 e. The lowest BCUT2D eigenvalue weighted by molar-refractivity contribution is 0.0600. The molecule has 0 amide bonds. The van der Waals surface area contributed by atoms with Gasteiger partial charge < -0.3 is 9.84 Å². The van der Waals surface area contributed by atoms with Crippen LogP contribution in [0, 0.1) is 0 Å². The van der Waals surface area contributed by atoms with Gasteiger partial charge in [-0.1, -0.05) is 36.4 Å². The van der Waals surface area contributed by atoms with E-state index in [0.29, 0.717) is 22.3 Å². The predicted molar refractivity (Wildman–Crippen MR) is 84.0 cm³/mol. The molecule has 4 nitrogen and oxygen atoms in total. The highest BCUT2D eigenvalue weighted by Crippen LogP contribution is 2.25. The molecule has 0 aliphatic rings. The Labute approximate surface area is 128 Å². The normalized spacial score (nSPS) is 10.6. The van der Waals surface area contributed by atoms with Gasteiger partial charge in [-0.3, -0.25) is 4.79 Å². The Kier molecular flexibility index (Phi) is 4.73. The van der Waals surface area contributed by atoms with E-state index in [-0.39, 0.29) is 11.5 Å². The fourth-order valence-electron chi connectivity index (χ4n) is 2.12. The molecule has 0 aromatic heterocycles. The van der Waals surface area contributed by atoms with E-state index in [9.17, 15) is 14.7 Å². The Morgan fingerprint density at radius 3 is 2.27 bits per heavy atom. The van der Waals surface area contributed by atoms with Gasteiger partial charge in [0.1, 0.15) is 5.75 Å². The first kappa shape index (κ1) is 15.5. The molecule has 0 unspecified atom stereocenters. The van der Waals surface area contributed by atoms with E-state index < -0.39 is 5.97 Å². The Bertz CT molecular complexity index is 727. The summed E-state index contributed by atoms with van der Waals surface area (Å²) in [5.74, 6) is -0.624. The summed E-state index contributed by atoms with van der Waals surface area (Å²) >= 11 is 0. The van der Waals surface area contributed by atoms with E-state index in [1.165, 1.54) is 25.3 Å². The van der Waals surface area contributed by atoms with Gasteiger partial charge in [0.2, 0.25) is 0 Å². The van der Waals surface area contributed by atoms with Crippen molar-refractivity contribution in [2.75, 3.05) is 7.11 Å². The number of ketones is 1. The topological polar surface area (TPSA) is 63.6 Å². The molecule has 0 bridgehead atoms. The van der Waals surface area contributed by atoms with Crippen molar-refractivity contribution in [3.05, 3.63) is 70.8 Å². The summed E-state index contributed by atoms with van der Waals surface area (Å²) in [6.45, 7) is 1.81. The van der Waals surface area contributed by atoms with Crippen molar-refractivity contribution >= 4 is 17.8 Å². The number of allylic oxidation sites excluding steroid dienone is 1. The highest BCUT2D eigenvalue weighted by molar-refractivity contribution is 6.11. The quantitative estimate of drug-likeness (QED) is 0.693. The Hall–Kier alpha value is -2.88. The minimum atomic E-state index is -0.453. The number of esters is 1. The van der Waals surface area contributed by atoms with Gasteiger partial charge in [-0.15, -0.1) is 0 Å². The van der Waals surface area contributed by atoms with Gasteiger partial charge in [0, 0.05) is 16.7 Å². The molecule has 0 aliphatic heterocycles. The summed E-state index contributed by atoms with van der Waals surface area (Å²) in [4.78, 5) is 24.0. The van der Waals surface area contributed by atoms with Gasteiger partial charge in [0.25, 0.3) is 0 Å². The van der Waals surface area contributed by atoms with Gasteiger partial charge in [-0.2, -0.15) is 0 Å². The maximum atomic E-state index is 12.6. The minimum Gasteiger partial charge on any atom is -0.507 e. The van der Waals surface area contributed by atoms with Crippen LogP contribution in [0.3, 0.4) is 0 Å². The Morgan fingerprint density at radius 2 is 1.68 bits per heavy atom. The number of phenols is 1. The monoisotopic (exact) mass is 296 g/mol. The van der Waals surface area contributed by atoms with Crippen molar-refractivity contribution in [1.82, 2.24) is 0 Å². The molecule has 1 N–H and O–H groups in total. The molecular formula is C18H16O4. The van der Waals surface area contributed by atoms with Crippen LogP contribution in [-0.2, 0) is 4.74 Å². The summed E-state index contributed by atoms with van der Waals surface area (Å²) in [5, 5.41) is 9.90. The number of aromatic hydroxyl groups is 1. The van der Waals surface area contributed by atoms with Crippen LogP contribution in [0.1, 0.15) is 38.8 Å². The third-order valence-corrected chi connectivity index (χ3v) is 3.23. The molecular weight excluding hydrogens is 280 g/mol. The van der Waals surface area contributed by atoms with E-state index in [0.717, 1.165) is 0 Å². The number of hydrogen-bond acceptors (Lipinski definition) is 4. The maximum absolute atomic E-state index is 12.6. The van der Waals surface area contributed by atoms with Gasteiger partial charge in [-0.25, -0.2) is 4.79 Å². The first-order valence-electron chi connectivity index (χ1n) is 6.76. The number of methoxy groups -OCH3 is 1. The zero-order valence-corrected chi connectivity index (χ0v) is 12.4. The van der Waals surface area contributed by atoms with Crippen molar-refractivity contribution in [1.29, 1.82) is 0 Å². The van der Waals surface area contributed by atoms with Crippen LogP contribution < -0.4 is 0 Å².